The van der Waals surface area contributed by atoms with E-state index in [1.54, 1.807) is 11.3 Å². The maximum Gasteiger partial charge on any atom is 0.0928 e. The van der Waals surface area contributed by atoms with Crippen molar-refractivity contribution in [2.24, 2.45) is 5.92 Å². The molecule has 0 bridgehead atoms. The summed E-state index contributed by atoms with van der Waals surface area (Å²) in [4.78, 5) is 9.37. The molecule has 0 unspecified atom stereocenters. The Morgan fingerprint density at radius 3 is 2.52 bits per heavy atom. The maximum absolute atomic E-state index is 5.79. The standard InChI is InChI=1S/C16H30ClN3S/c1-14(2)12-20(10-9-19(3)4)8-6-5-7-16-18-15(11-17)13-21-16/h13-14H,5-12H2,1-4H3. The Balaban J connectivity index is 2.24. The lowest BCUT2D eigenvalue weighted by atomic mass is 10.2. The van der Waals surface area contributed by atoms with Gasteiger partial charge < -0.3 is 9.80 Å². The highest BCUT2D eigenvalue weighted by molar-refractivity contribution is 7.09. The number of unbranched alkanes of at least 4 members (excludes halogenated alkanes) is 1. The molecule has 0 saturated carbocycles. The lowest BCUT2D eigenvalue weighted by Gasteiger charge is -2.25. The number of halogens is 1. The summed E-state index contributed by atoms with van der Waals surface area (Å²) < 4.78 is 0. The van der Waals surface area contributed by atoms with Crippen LogP contribution in [0, 0.1) is 5.92 Å². The number of likely N-dealkylation sites (N-methyl/N-ethyl adjacent to an activating group) is 1. The van der Waals surface area contributed by atoms with E-state index in [1.165, 1.54) is 37.5 Å². The van der Waals surface area contributed by atoms with Crippen molar-refractivity contribution in [3.8, 4) is 0 Å². The number of hydrogen-bond donors (Lipinski definition) is 0. The second-order valence-electron chi connectivity index (χ2n) is 6.32. The number of thiazole rings is 1. The van der Waals surface area contributed by atoms with Gasteiger partial charge in [0.15, 0.2) is 0 Å². The Morgan fingerprint density at radius 1 is 1.19 bits per heavy atom. The van der Waals surface area contributed by atoms with Crippen LogP contribution in [0.1, 0.15) is 37.4 Å². The van der Waals surface area contributed by atoms with Gasteiger partial charge in [-0.3, -0.25) is 0 Å². The van der Waals surface area contributed by atoms with Crippen LogP contribution < -0.4 is 0 Å². The number of hydrogen-bond acceptors (Lipinski definition) is 4. The number of alkyl halides is 1. The van der Waals surface area contributed by atoms with Gasteiger partial charge >= 0.3 is 0 Å². The molecule has 1 rings (SSSR count). The zero-order valence-corrected chi connectivity index (χ0v) is 15.5. The van der Waals surface area contributed by atoms with Crippen LogP contribution in [-0.4, -0.2) is 55.1 Å². The molecule has 0 aromatic carbocycles. The van der Waals surface area contributed by atoms with Crippen molar-refractivity contribution < 1.29 is 0 Å². The largest absolute Gasteiger partial charge is 0.308 e. The summed E-state index contributed by atoms with van der Waals surface area (Å²) in [6.45, 7) is 9.29. The molecule has 5 heteroatoms. The molecule has 21 heavy (non-hydrogen) atoms. The second kappa shape index (κ2) is 10.5. The Morgan fingerprint density at radius 2 is 1.95 bits per heavy atom. The van der Waals surface area contributed by atoms with E-state index in [2.05, 4.69) is 48.1 Å². The average molecular weight is 332 g/mol. The fraction of sp³-hybridized carbons (Fsp3) is 0.812. The van der Waals surface area contributed by atoms with Gasteiger partial charge in [0.05, 0.1) is 16.6 Å². The molecule has 0 atom stereocenters. The number of rotatable bonds is 11. The Bertz CT molecular complexity index is 379. The summed E-state index contributed by atoms with van der Waals surface area (Å²) in [6.07, 6.45) is 3.55. The minimum atomic E-state index is 0.531. The van der Waals surface area contributed by atoms with Gasteiger partial charge in [0, 0.05) is 25.0 Å². The van der Waals surface area contributed by atoms with Gasteiger partial charge in [0.1, 0.15) is 0 Å². The minimum absolute atomic E-state index is 0.531. The van der Waals surface area contributed by atoms with Crippen LogP contribution in [-0.2, 0) is 12.3 Å². The van der Waals surface area contributed by atoms with E-state index in [4.69, 9.17) is 11.6 Å². The monoisotopic (exact) mass is 331 g/mol. The highest BCUT2D eigenvalue weighted by Gasteiger charge is 2.08. The third-order valence-corrected chi connectivity index (χ3v) is 4.57. The van der Waals surface area contributed by atoms with Crippen molar-refractivity contribution in [1.82, 2.24) is 14.8 Å². The first-order chi connectivity index (χ1) is 10.0. The predicted molar refractivity (Wildman–Crippen MR) is 94.4 cm³/mol. The van der Waals surface area contributed by atoms with Crippen molar-refractivity contribution >= 4 is 22.9 Å². The lowest BCUT2D eigenvalue weighted by Crippen LogP contribution is -2.35. The summed E-state index contributed by atoms with van der Waals surface area (Å²) in [6, 6.07) is 0. The minimum Gasteiger partial charge on any atom is -0.308 e. The molecule has 0 aliphatic heterocycles. The van der Waals surface area contributed by atoms with E-state index < -0.39 is 0 Å². The van der Waals surface area contributed by atoms with Gasteiger partial charge in [-0.05, 0) is 45.8 Å². The molecular formula is C16H30ClN3S. The first-order valence-corrected chi connectivity index (χ1v) is 9.29. The molecule has 0 aliphatic carbocycles. The van der Waals surface area contributed by atoms with E-state index in [-0.39, 0.29) is 0 Å². The third-order valence-electron chi connectivity index (χ3n) is 3.34. The summed E-state index contributed by atoms with van der Waals surface area (Å²) in [5, 5.41) is 3.30. The Kier molecular flexibility index (Phi) is 9.49. The molecule has 122 valence electrons. The van der Waals surface area contributed by atoms with Gasteiger partial charge in [-0.25, -0.2) is 4.98 Å². The van der Waals surface area contributed by atoms with Crippen LogP contribution >= 0.6 is 22.9 Å². The molecule has 1 aromatic rings. The Hall–Kier alpha value is -0.160. The molecule has 0 saturated heterocycles. The first-order valence-electron chi connectivity index (χ1n) is 7.87. The lowest BCUT2D eigenvalue weighted by molar-refractivity contribution is 0.215. The zero-order valence-electron chi connectivity index (χ0n) is 13.9. The van der Waals surface area contributed by atoms with E-state index in [0.29, 0.717) is 5.88 Å². The summed E-state index contributed by atoms with van der Waals surface area (Å²) in [5.74, 6) is 1.26. The highest BCUT2D eigenvalue weighted by Crippen LogP contribution is 2.14. The van der Waals surface area contributed by atoms with Gasteiger partial charge in [-0.1, -0.05) is 13.8 Å². The van der Waals surface area contributed by atoms with Crippen molar-refractivity contribution in [1.29, 1.82) is 0 Å². The third kappa shape index (κ3) is 8.77. The van der Waals surface area contributed by atoms with E-state index in [1.807, 2.05) is 0 Å². The molecule has 3 nitrogen and oxygen atoms in total. The van der Waals surface area contributed by atoms with Crippen LogP contribution in [0.5, 0.6) is 0 Å². The van der Waals surface area contributed by atoms with Crippen LogP contribution in [0.3, 0.4) is 0 Å². The molecule has 0 radical (unpaired) electrons. The zero-order chi connectivity index (χ0) is 15.7. The summed E-state index contributed by atoms with van der Waals surface area (Å²) in [5.41, 5.74) is 1.02. The molecule has 0 spiro atoms. The Labute approximate surface area is 139 Å². The van der Waals surface area contributed by atoms with E-state index in [9.17, 15) is 0 Å². The van der Waals surface area contributed by atoms with E-state index in [0.717, 1.165) is 24.6 Å². The quantitative estimate of drug-likeness (QED) is 0.455. The molecule has 0 aliphatic rings. The van der Waals surface area contributed by atoms with E-state index >= 15 is 0 Å². The van der Waals surface area contributed by atoms with Crippen LogP contribution in [0.2, 0.25) is 0 Å². The van der Waals surface area contributed by atoms with Crippen LogP contribution in [0.4, 0.5) is 0 Å². The molecule has 1 aromatic heterocycles. The van der Waals surface area contributed by atoms with Gasteiger partial charge in [0.2, 0.25) is 0 Å². The first kappa shape index (κ1) is 18.9. The fourth-order valence-electron chi connectivity index (χ4n) is 2.29. The smallest absolute Gasteiger partial charge is 0.0928 e. The van der Waals surface area contributed by atoms with Gasteiger partial charge in [-0.2, -0.15) is 0 Å². The van der Waals surface area contributed by atoms with Crippen LogP contribution in [0.25, 0.3) is 0 Å². The molecular weight excluding hydrogens is 302 g/mol. The number of aromatic nitrogens is 1. The predicted octanol–water partition coefficient (Wildman–Crippen LogP) is 3.72. The molecule has 0 N–H and O–H groups in total. The molecule has 1 heterocycles. The SMILES string of the molecule is CC(C)CN(CCCCc1nc(CCl)cs1)CCN(C)C. The second-order valence-corrected chi connectivity index (χ2v) is 7.53. The summed E-state index contributed by atoms with van der Waals surface area (Å²) >= 11 is 7.53. The normalized spacial score (nSPS) is 12.0. The molecule has 0 amide bonds. The van der Waals surface area contributed by atoms with Crippen molar-refractivity contribution in [3.05, 3.63) is 16.1 Å². The van der Waals surface area contributed by atoms with Crippen LogP contribution in [0.15, 0.2) is 5.38 Å². The van der Waals surface area contributed by atoms with Gasteiger partial charge in [0.25, 0.3) is 0 Å². The van der Waals surface area contributed by atoms with Gasteiger partial charge in [-0.15, -0.1) is 22.9 Å². The maximum atomic E-state index is 5.79. The van der Waals surface area contributed by atoms with Crippen molar-refractivity contribution in [2.75, 3.05) is 40.3 Å². The fourth-order valence-corrected chi connectivity index (χ4v) is 3.36. The highest BCUT2D eigenvalue weighted by atomic mass is 35.5. The molecule has 0 fully saturated rings. The number of nitrogens with zero attached hydrogens (tertiary/aromatic N) is 3. The van der Waals surface area contributed by atoms with Crippen molar-refractivity contribution in [2.45, 2.75) is 39.0 Å². The van der Waals surface area contributed by atoms with Crippen molar-refractivity contribution in [3.63, 3.8) is 0 Å². The average Bonchev–Trinajstić information content (AvgIpc) is 2.88. The topological polar surface area (TPSA) is 19.4 Å². The summed E-state index contributed by atoms with van der Waals surface area (Å²) in [7, 11) is 4.29. The number of aryl methyl sites for hydroxylation is 1.